The van der Waals surface area contributed by atoms with Crippen LogP contribution in [-0.2, 0) is 11.8 Å². The third kappa shape index (κ3) is 1.71. The smallest absolute Gasteiger partial charge is 0.119 e. The fraction of sp³-hybridized carbons (Fsp3) is 0.368. The van der Waals surface area contributed by atoms with Crippen molar-refractivity contribution in [3.8, 4) is 5.75 Å². The van der Waals surface area contributed by atoms with Gasteiger partial charge in [-0.3, -0.25) is 0 Å². The van der Waals surface area contributed by atoms with Gasteiger partial charge in [0.1, 0.15) is 5.75 Å². The van der Waals surface area contributed by atoms with Gasteiger partial charge in [0, 0.05) is 17.6 Å². The first-order valence-corrected chi connectivity index (χ1v) is 7.76. The van der Waals surface area contributed by atoms with Gasteiger partial charge in [-0.05, 0) is 66.6 Å². The Morgan fingerprint density at radius 2 is 2.10 bits per heavy atom. The zero-order chi connectivity index (χ0) is 14.4. The van der Waals surface area contributed by atoms with Crippen LogP contribution in [0.3, 0.4) is 0 Å². The number of benzene rings is 2. The van der Waals surface area contributed by atoms with Gasteiger partial charge in [-0.15, -0.1) is 0 Å². The molecule has 1 heterocycles. The second-order valence-corrected chi connectivity index (χ2v) is 6.31. The van der Waals surface area contributed by atoms with Crippen LogP contribution in [0.25, 0.3) is 0 Å². The van der Waals surface area contributed by atoms with Crippen LogP contribution in [-0.4, -0.2) is 13.7 Å². The average Bonchev–Trinajstić information content (AvgIpc) is 2.86. The molecule has 108 valence electrons. The lowest BCUT2D eigenvalue weighted by Gasteiger charge is -2.37. The lowest BCUT2D eigenvalue weighted by atomic mass is 9.65. The van der Waals surface area contributed by atoms with Crippen molar-refractivity contribution in [1.29, 1.82) is 0 Å². The van der Waals surface area contributed by atoms with Crippen molar-refractivity contribution in [2.45, 2.75) is 31.6 Å². The molecule has 2 aromatic rings. The summed E-state index contributed by atoms with van der Waals surface area (Å²) < 4.78 is 5.46. The number of hydrogen-bond acceptors (Lipinski definition) is 2. The van der Waals surface area contributed by atoms with E-state index in [1.807, 2.05) is 6.07 Å². The first-order chi connectivity index (χ1) is 10.2. The highest BCUT2D eigenvalue weighted by Crippen LogP contribution is 2.50. The van der Waals surface area contributed by atoms with Crippen LogP contribution in [0, 0.1) is 6.92 Å². The zero-order valence-corrected chi connectivity index (χ0v) is 12.7. The number of hydrogen-bond donors (Lipinski definition) is 1. The molecule has 21 heavy (non-hydrogen) atoms. The molecule has 1 N–H and O–H groups in total. The average molecular weight is 279 g/mol. The molecule has 0 amide bonds. The van der Waals surface area contributed by atoms with E-state index in [2.05, 4.69) is 42.6 Å². The maximum atomic E-state index is 5.46. The van der Waals surface area contributed by atoms with Gasteiger partial charge in [-0.2, -0.15) is 0 Å². The van der Waals surface area contributed by atoms with Gasteiger partial charge in [-0.1, -0.05) is 18.2 Å². The largest absolute Gasteiger partial charge is 0.497 e. The summed E-state index contributed by atoms with van der Waals surface area (Å²) in [7, 11) is 1.75. The van der Waals surface area contributed by atoms with E-state index in [1.165, 1.54) is 41.6 Å². The molecule has 1 atom stereocenters. The van der Waals surface area contributed by atoms with Crippen LogP contribution in [0.2, 0.25) is 0 Å². The van der Waals surface area contributed by atoms with E-state index in [1.54, 1.807) is 12.7 Å². The fourth-order valence-electron chi connectivity index (χ4n) is 4.32. The van der Waals surface area contributed by atoms with Gasteiger partial charge in [0.25, 0.3) is 0 Å². The molecule has 0 fully saturated rings. The standard InChI is InChI=1S/C19H21NO/c1-13-5-3-6-14-7-4-10-19(18(13)14)12-20-17-9-8-15(21-2)11-16(17)19/h3,5-6,8-9,11,20H,4,7,10,12H2,1-2H3. The van der Waals surface area contributed by atoms with Crippen molar-refractivity contribution in [1.82, 2.24) is 0 Å². The van der Waals surface area contributed by atoms with Gasteiger partial charge in [0.2, 0.25) is 0 Å². The van der Waals surface area contributed by atoms with E-state index in [0.29, 0.717) is 0 Å². The normalized spacial score (nSPS) is 22.6. The van der Waals surface area contributed by atoms with Crippen LogP contribution in [0.1, 0.15) is 35.1 Å². The maximum Gasteiger partial charge on any atom is 0.119 e. The summed E-state index contributed by atoms with van der Waals surface area (Å²) in [5.74, 6) is 0.956. The van der Waals surface area contributed by atoms with E-state index < -0.39 is 0 Å². The molecule has 1 unspecified atom stereocenters. The molecule has 2 aliphatic rings. The molecule has 2 heteroatoms. The van der Waals surface area contributed by atoms with Crippen LogP contribution >= 0.6 is 0 Å². The van der Waals surface area contributed by atoms with Gasteiger partial charge in [0.15, 0.2) is 0 Å². The summed E-state index contributed by atoms with van der Waals surface area (Å²) in [5.41, 5.74) is 7.31. The van der Waals surface area contributed by atoms with Crippen LogP contribution in [0.5, 0.6) is 5.75 Å². The third-order valence-corrected chi connectivity index (χ3v) is 5.21. The molecule has 2 nitrogen and oxygen atoms in total. The van der Waals surface area contributed by atoms with Crippen molar-refractivity contribution in [2.24, 2.45) is 0 Å². The Bertz CT molecular complexity index is 707. The Balaban J connectivity index is 1.97. The summed E-state index contributed by atoms with van der Waals surface area (Å²) in [4.78, 5) is 0. The second-order valence-electron chi connectivity index (χ2n) is 6.31. The summed E-state index contributed by atoms with van der Waals surface area (Å²) in [6.45, 7) is 3.26. The number of aryl methyl sites for hydroxylation is 2. The minimum absolute atomic E-state index is 0.128. The Morgan fingerprint density at radius 1 is 1.19 bits per heavy atom. The lowest BCUT2D eigenvalue weighted by molar-refractivity contribution is 0.411. The van der Waals surface area contributed by atoms with E-state index in [4.69, 9.17) is 4.74 Å². The molecule has 0 bridgehead atoms. The van der Waals surface area contributed by atoms with E-state index in [9.17, 15) is 0 Å². The fourth-order valence-corrected chi connectivity index (χ4v) is 4.32. The summed E-state index contributed by atoms with van der Waals surface area (Å²) >= 11 is 0. The maximum absolute atomic E-state index is 5.46. The molecule has 4 rings (SSSR count). The molecule has 1 spiro atoms. The van der Waals surface area contributed by atoms with Crippen LogP contribution in [0.4, 0.5) is 5.69 Å². The van der Waals surface area contributed by atoms with Gasteiger partial charge < -0.3 is 10.1 Å². The Labute approximate surface area is 126 Å². The molecular formula is C19H21NO. The first kappa shape index (κ1) is 12.8. The molecule has 1 aliphatic heterocycles. The molecular weight excluding hydrogens is 258 g/mol. The summed E-state index contributed by atoms with van der Waals surface area (Å²) in [6.07, 6.45) is 3.69. The van der Waals surface area contributed by atoms with Crippen molar-refractivity contribution in [3.05, 3.63) is 58.7 Å². The summed E-state index contributed by atoms with van der Waals surface area (Å²) in [5, 5.41) is 3.62. The second kappa shape index (κ2) is 4.52. The van der Waals surface area contributed by atoms with Crippen molar-refractivity contribution in [2.75, 3.05) is 19.0 Å². The molecule has 1 aliphatic carbocycles. The topological polar surface area (TPSA) is 21.3 Å². The number of fused-ring (bicyclic) bond motifs is 4. The molecule has 0 aromatic heterocycles. The predicted octanol–water partition coefficient (Wildman–Crippen LogP) is 4.05. The van der Waals surface area contributed by atoms with Crippen molar-refractivity contribution < 1.29 is 4.74 Å². The first-order valence-electron chi connectivity index (χ1n) is 7.76. The lowest BCUT2D eigenvalue weighted by Crippen LogP contribution is -2.35. The van der Waals surface area contributed by atoms with Gasteiger partial charge >= 0.3 is 0 Å². The number of ether oxygens (including phenoxy) is 1. The van der Waals surface area contributed by atoms with Crippen molar-refractivity contribution >= 4 is 5.69 Å². The zero-order valence-electron chi connectivity index (χ0n) is 12.7. The highest BCUT2D eigenvalue weighted by atomic mass is 16.5. The number of methoxy groups -OCH3 is 1. The van der Waals surface area contributed by atoms with Crippen LogP contribution < -0.4 is 10.1 Å². The van der Waals surface area contributed by atoms with Crippen molar-refractivity contribution in [3.63, 3.8) is 0 Å². The number of rotatable bonds is 1. The SMILES string of the molecule is COc1ccc2c(c1)C1(CCCc3cccc(C)c31)CN2. The number of nitrogens with one attached hydrogen (secondary N) is 1. The minimum Gasteiger partial charge on any atom is -0.497 e. The third-order valence-electron chi connectivity index (χ3n) is 5.21. The highest BCUT2D eigenvalue weighted by molar-refractivity contribution is 5.68. The quantitative estimate of drug-likeness (QED) is 0.850. The monoisotopic (exact) mass is 279 g/mol. The summed E-state index contributed by atoms with van der Waals surface area (Å²) in [6, 6.07) is 13.2. The minimum atomic E-state index is 0.128. The molecule has 0 saturated heterocycles. The number of anilines is 1. The Morgan fingerprint density at radius 3 is 2.95 bits per heavy atom. The van der Waals surface area contributed by atoms with E-state index >= 15 is 0 Å². The van der Waals surface area contributed by atoms with E-state index in [-0.39, 0.29) is 5.41 Å². The molecule has 0 saturated carbocycles. The molecule has 0 radical (unpaired) electrons. The molecule has 2 aromatic carbocycles. The van der Waals surface area contributed by atoms with Gasteiger partial charge in [0.05, 0.1) is 7.11 Å². The highest BCUT2D eigenvalue weighted by Gasteiger charge is 2.44. The predicted molar refractivity (Wildman–Crippen MR) is 86.4 cm³/mol. The van der Waals surface area contributed by atoms with Crippen LogP contribution in [0.15, 0.2) is 36.4 Å². The Hall–Kier alpha value is -1.96. The Kier molecular flexibility index (Phi) is 2.75. The van der Waals surface area contributed by atoms with Gasteiger partial charge in [-0.25, -0.2) is 0 Å². The van der Waals surface area contributed by atoms with E-state index in [0.717, 1.165) is 12.3 Å².